The van der Waals surface area contributed by atoms with Gasteiger partial charge in [0.15, 0.2) is 0 Å². The lowest BCUT2D eigenvalue weighted by Gasteiger charge is -2.38. The summed E-state index contributed by atoms with van der Waals surface area (Å²) in [6, 6.07) is 0. The number of likely N-dealkylation sites (tertiary alicyclic amines) is 1. The molecule has 0 aromatic carbocycles. The fourth-order valence-electron chi connectivity index (χ4n) is 3.80. The minimum absolute atomic E-state index is 0.0354. The van der Waals surface area contributed by atoms with E-state index in [1.165, 1.54) is 0 Å². The molecule has 0 aliphatic carbocycles. The highest BCUT2D eigenvalue weighted by Crippen LogP contribution is 2.21. The highest BCUT2D eigenvalue weighted by molar-refractivity contribution is 5.81. The number of rotatable bonds is 3. The number of nitrogens with zero attached hydrogens (tertiary/aromatic N) is 4. The zero-order chi connectivity index (χ0) is 18.0. The molecule has 3 heterocycles. The molecule has 7 nitrogen and oxygen atoms in total. The minimum atomic E-state index is -0.0354. The van der Waals surface area contributed by atoms with Gasteiger partial charge in [-0.15, -0.1) is 0 Å². The Labute approximate surface area is 148 Å². The first kappa shape index (κ1) is 17.9. The molecule has 1 aromatic rings. The van der Waals surface area contributed by atoms with E-state index < -0.39 is 0 Å². The van der Waals surface area contributed by atoms with Crippen LogP contribution in [0.3, 0.4) is 0 Å². The number of aryl methyl sites for hydroxylation is 2. The maximum absolute atomic E-state index is 12.8. The van der Waals surface area contributed by atoms with Crippen molar-refractivity contribution in [3.8, 4) is 0 Å². The molecule has 0 spiro atoms. The van der Waals surface area contributed by atoms with Gasteiger partial charge in [-0.2, -0.15) is 0 Å². The van der Waals surface area contributed by atoms with Gasteiger partial charge in [0, 0.05) is 58.3 Å². The van der Waals surface area contributed by atoms with Crippen molar-refractivity contribution in [1.82, 2.24) is 19.9 Å². The fourth-order valence-corrected chi connectivity index (χ4v) is 3.80. The summed E-state index contributed by atoms with van der Waals surface area (Å²) in [5, 5.41) is 4.01. The van der Waals surface area contributed by atoms with Crippen molar-refractivity contribution in [2.45, 2.75) is 40.2 Å². The molecule has 0 saturated carbocycles. The van der Waals surface area contributed by atoms with Gasteiger partial charge in [-0.1, -0.05) is 5.16 Å². The molecule has 0 N–H and O–H groups in total. The molecular formula is C18H28N4O3. The Morgan fingerprint density at radius 2 is 1.84 bits per heavy atom. The number of piperidine rings is 1. The SMILES string of the molecule is CC(=O)N1CCC[C@@H](C(=O)N2CCN(Cc3c(C)noc3C)CC2)C1. The average molecular weight is 348 g/mol. The summed E-state index contributed by atoms with van der Waals surface area (Å²) in [7, 11) is 0. The molecule has 0 radical (unpaired) electrons. The van der Waals surface area contributed by atoms with E-state index in [0.717, 1.165) is 69.1 Å². The van der Waals surface area contributed by atoms with Crippen LogP contribution < -0.4 is 0 Å². The van der Waals surface area contributed by atoms with Crippen LogP contribution in [0.15, 0.2) is 4.52 Å². The second-order valence-corrected chi connectivity index (χ2v) is 7.21. The summed E-state index contributed by atoms with van der Waals surface area (Å²) in [6.45, 7) is 10.9. The number of piperazine rings is 1. The number of amides is 2. The molecule has 7 heteroatoms. The van der Waals surface area contributed by atoms with Gasteiger partial charge in [-0.05, 0) is 26.7 Å². The maximum atomic E-state index is 12.8. The van der Waals surface area contributed by atoms with Crippen LogP contribution in [0.2, 0.25) is 0 Å². The zero-order valence-corrected chi connectivity index (χ0v) is 15.5. The van der Waals surface area contributed by atoms with Crippen LogP contribution in [-0.4, -0.2) is 70.9 Å². The first-order valence-electron chi connectivity index (χ1n) is 9.14. The van der Waals surface area contributed by atoms with E-state index >= 15 is 0 Å². The van der Waals surface area contributed by atoms with Crippen LogP contribution in [0.5, 0.6) is 0 Å². The molecule has 25 heavy (non-hydrogen) atoms. The second-order valence-electron chi connectivity index (χ2n) is 7.21. The molecule has 2 aliphatic heterocycles. The lowest BCUT2D eigenvalue weighted by molar-refractivity contribution is -0.141. The van der Waals surface area contributed by atoms with Crippen LogP contribution in [0.25, 0.3) is 0 Å². The Morgan fingerprint density at radius 3 is 2.44 bits per heavy atom. The predicted molar refractivity (Wildman–Crippen MR) is 92.8 cm³/mol. The smallest absolute Gasteiger partial charge is 0.227 e. The summed E-state index contributed by atoms with van der Waals surface area (Å²) < 4.78 is 5.23. The van der Waals surface area contributed by atoms with E-state index in [0.29, 0.717) is 6.54 Å². The van der Waals surface area contributed by atoms with Crippen molar-refractivity contribution in [2.75, 3.05) is 39.3 Å². The third-order valence-corrected chi connectivity index (χ3v) is 5.46. The molecular weight excluding hydrogens is 320 g/mol. The Hall–Kier alpha value is -1.89. The molecule has 0 unspecified atom stereocenters. The van der Waals surface area contributed by atoms with Gasteiger partial charge in [0.25, 0.3) is 0 Å². The van der Waals surface area contributed by atoms with E-state index in [1.807, 2.05) is 18.7 Å². The monoisotopic (exact) mass is 348 g/mol. The third-order valence-electron chi connectivity index (χ3n) is 5.46. The molecule has 2 fully saturated rings. The Morgan fingerprint density at radius 1 is 1.12 bits per heavy atom. The fraction of sp³-hybridized carbons (Fsp3) is 0.722. The van der Waals surface area contributed by atoms with Crippen molar-refractivity contribution in [1.29, 1.82) is 0 Å². The molecule has 2 saturated heterocycles. The first-order valence-corrected chi connectivity index (χ1v) is 9.14. The number of carbonyl (C=O) groups excluding carboxylic acids is 2. The van der Waals surface area contributed by atoms with Crippen molar-refractivity contribution < 1.29 is 14.1 Å². The maximum Gasteiger partial charge on any atom is 0.227 e. The lowest BCUT2D eigenvalue weighted by atomic mass is 9.96. The van der Waals surface area contributed by atoms with E-state index in [9.17, 15) is 9.59 Å². The van der Waals surface area contributed by atoms with E-state index in [1.54, 1.807) is 11.8 Å². The number of aromatic nitrogens is 1. The Kier molecular flexibility index (Phi) is 5.42. The van der Waals surface area contributed by atoms with Crippen LogP contribution in [0.4, 0.5) is 0 Å². The minimum Gasteiger partial charge on any atom is -0.361 e. The van der Waals surface area contributed by atoms with Gasteiger partial charge < -0.3 is 14.3 Å². The normalized spacial score (nSPS) is 22.3. The average Bonchev–Trinajstić information content (AvgIpc) is 2.94. The lowest BCUT2D eigenvalue weighted by Crippen LogP contribution is -2.52. The quantitative estimate of drug-likeness (QED) is 0.821. The number of hydrogen-bond donors (Lipinski definition) is 0. The summed E-state index contributed by atoms with van der Waals surface area (Å²) in [5.41, 5.74) is 2.10. The number of hydrogen-bond acceptors (Lipinski definition) is 5. The van der Waals surface area contributed by atoms with Gasteiger partial charge in [-0.25, -0.2) is 0 Å². The van der Waals surface area contributed by atoms with Gasteiger partial charge in [0.2, 0.25) is 11.8 Å². The van der Waals surface area contributed by atoms with E-state index in [2.05, 4.69) is 10.1 Å². The van der Waals surface area contributed by atoms with Crippen molar-refractivity contribution >= 4 is 11.8 Å². The summed E-state index contributed by atoms with van der Waals surface area (Å²) in [6.07, 6.45) is 1.81. The van der Waals surface area contributed by atoms with Gasteiger partial charge in [-0.3, -0.25) is 14.5 Å². The standard InChI is InChI=1S/C18H28N4O3/c1-13-17(14(2)25-19-13)12-20-7-9-21(10-8-20)18(24)16-5-4-6-22(11-16)15(3)23/h16H,4-12H2,1-3H3/t16-/m1/s1. The summed E-state index contributed by atoms with van der Waals surface area (Å²) in [5.74, 6) is 1.12. The van der Waals surface area contributed by atoms with Gasteiger partial charge in [0.05, 0.1) is 11.6 Å². The Bertz CT molecular complexity index is 615. The van der Waals surface area contributed by atoms with Crippen molar-refractivity contribution in [3.05, 3.63) is 17.0 Å². The zero-order valence-electron chi connectivity index (χ0n) is 15.5. The Balaban J connectivity index is 1.51. The number of carbonyl (C=O) groups is 2. The second kappa shape index (κ2) is 7.56. The topological polar surface area (TPSA) is 69.9 Å². The van der Waals surface area contributed by atoms with Gasteiger partial charge in [0.1, 0.15) is 5.76 Å². The largest absolute Gasteiger partial charge is 0.361 e. The highest BCUT2D eigenvalue weighted by atomic mass is 16.5. The van der Waals surface area contributed by atoms with Crippen LogP contribution in [0, 0.1) is 19.8 Å². The predicted octanol–water partition coefficient (Wildman–Crippen LogP) is 1.19. The third kappa shape index (κ3) is 4.03. The molecule has 2 amide bonds. The molecule has 0 bridgehead atoms. The summed E-state index contributed by atoms with van der Waals surface area (Å²) >= 11 is 0. The van der Waals surface area contributed by atoms with Gasteiger partial charge >= 0.3 is 0 Å². The molecule has 3 rings (SSSR count). The van der Waals surface area contributed by atoms with Crippen LogP contribution in [0.1, 0.15) is 36.8 Å². The molecule has 1 atom stereocenters. The first-order chi connectivity index (χ1) is 12.0. The van der Waals surface area contributed by atoms with Crippen molar-refractivity contribution in [2.24, 2.45) is 5.92 Å². The van der Waals surface area contributed by atoms with Crippen LogP contribution in [-0.2, 0) is 16.1 Å². The van der Waals surface area contributed by atoms with E-state index in [-0.39, 0.29) is 17.7 Å². The van der Waals surface area contributed by atoms with Crippen LogP contribution >= 0.6 is 0 Å². The summed E-state index contributed by atoms with van der Waals surface area (Å²) in [4.78, 5) is 30.5. The molecule has 1 aromatic heterocycles. The molecule has 2 aliphatic rings. The van der Waals surface area contributed by atoms with E-state index in [4.69, 9.17) is 4.52 Å². The van der Waals surface area contributed by atoms with Crippen molar-refractivity contribution in [3.63, 3.8) is 0 Å². The molecule has 138 valence electrons. The highest BCUT2D eigenvalue weighted by Gasteiger charge is 2.32.